The summed E-state index contributed by atoms with van der Waals surface area (Å²) in [6.07, 6.45) is 3.97. The topological polar surface area (TPSA) is 46.0 Å². The van der Waals surface area contributed by atoms with Gasteiger partial charge in [-0.2, -0.15) is 0 Å². The third-order valence-electron chi connectivity index (χ3n) is 4.64. The minimum Gasteiger partial charge on any atom is -0.505 e. The summed E-state index contributed by atoms with van der Waals surface area (Å²) in [7, 11) is 0. The molecule has 5 heteroatoms. The van der Waals surface area contributed by atoms with Gasteiger partial charge in [0.25, 0.3) is 0 Å². The fraction of sp³-hybridized carbons (Fsp3) is 0.0909. The SMILES string of the molecule is Oc1c(C(Cc2ccccn2)c2c(Cl)cccc2Cl)ccc2cccnc12. The van der Waals surface area contributed by atoms with Crippen molar-refractivity contribution in [2.45, 2.75) is 12.3 Å². The molecule has 2 aromatic carbocycles. The molecule has 2 heterocycles. The number of hydrogen-bond acceptors (Lipinski definition) is 3. The van der Waals surface area contributed by atoms with Crippen molar-refractivity contribution in [3.05, 3.63) is 99.9 Å². The van der Waals surface area contributed by atoms with Crippen molar-refractivity contribution in [2.75, 3.05) is 0 Å². The van der Waals surface area contributed by atoms with Gasteiger partial charge in [0.1, 0.15) is 11.3 Å². The molecule has 0 radical (unpaired) electrons. The van der Waals surface area contributed by atoms with E-state index in [0.717, 1.165) is 22.2 Å². The molecular formula is C22H16Cl2N2O. The molecule has 134 valence electrons. The van der Waals surface area contributed by atoms with Crippen molar-refractivity contribution in [1.29, 1.82) is 0 Å². The lowest BCUT2D eigenvalue weighted by atomic mass is 9.86. The molecule has 1 unspecified atom stereocenters. The summed E-state index contributed by atoms with van der Waals surface area (Å²) >= 11 is 13.0. The van der Waals surface area contributed by atoms with Gasteiger partial charge >= 0.3 is 0 Å². The van der Waals surface area contributed by atoms with E-state index in [4.69, 9.17) is 23.2 Å². The molecule has 4 rings (SSSR count). The van der Waals surface area contributed by atoms with Gasteiger partial charge in [0.05, 0.1) is 0 Å². The number of phenolic OH excluding ortho intramolecular Hbond substituents is 1. The van der Waals surface area contributed by atoms with Crippen molar-refractivity contribution in [1.82, 2.24) is 9.97 Å². The first-order chi connectivity index (χ1) is 13.1. The predicted octanol–water partition coefficient (Wildman–Crippen LogP) is 6.02. The zero-order chi connectivity index (χ0) is 18.8. The van der Waals surface area contributed by atoms with Gasteiger partial charge in [0, 0.05) is 51.4 Å². The Balaban J connectivity index is 1.92. The zero-order valence-electron chi connectivity index (χ0n) is 14.3. The van der Waals surface area contributed by atoms with Crippen LogP contribution in [0.1, 0.15) is 22.7 Å². The second kappa shape index (κ2) is 7.55. The van der Waals surface area contributed by atoms with E-state index in [0.29, 0.717) is 22.0 Å². The van der Waals surface area contributed by atoms with Crippen LogP contribution in [0.2, 0.25) is 10.0 Å². The van der Waals surface area contributed by atoms with E-state index >= 15 is 0 Å². The Morgan fingerprint density at radius 1 is 0.815 bits per heavy atom. The highest BCUT2D eigenvalue weighted by molar-refractivity contribution is 6.36. The minimum absolute atomic E-state index is 0.144. The van der Waals surface area contributed by atoms with Crippen molar-refractivity contribution in [2.24, 2.45) is 0 Å². The molecule has 1 atom stereocenters. The first-order valence-electron chi connectivity index (χ1n) is 8.55. The van der Waals surface area contributed by atoms with E-state index in [-0.39, 0.29) is 11.7 Å². The molecule has 0 aliphatic rings. The molecule has 0 amide bonds. The van der Waals surface area contributed by atoms with Crippen LogP contribution in [0.5, 0.6) is 5.75 Å². The maximum atomic E-state index is 11.0. The summed E-state index contributed by atoms with van der Waals surface area (Å²) in [5.41, 5.74) is 2.95. The standard InChI is InChI=1S/C22H16Cl2N2O/c23-18-7-3-8-19(24)20(18)17(13-15-6-1-2-11-25-15)16-10-9-14-5-4-12-26-21(14)22(16)27/h1-12,17,27H,13H2. The number of hydrogen-bond donors (Lipinski definition) is 1. The predicted molar refractivity (Wildman–Crippen MR) is 110 cm³/mol. The Morgan fingerprint density at radius 3 is 2.33 bits per heavy atom. The van der Waals surface area contributed by atoms with Crippen LogP contribution < -0.4 is 0 Å². The highest BCUT2D eigenvalue weighted by Gasteiger charge is 2.25. The molecule has 4 aromatic rings. The smallest absolute Gasteiger partial charge is 0.145 e. The highest BCUT2D eigenvalue weighted by atomic mass is 35.5. The fourth-order valence-electron chi connectivity index (χ4n) is 3.37. The van der Waals surface area contributed by atoms with Crippen LogP contribution in [0, 0.1) is 0 Å². The molecular weight excluding hydrogens is 379 g/mol. The van der Waals surface area contributed by atoms with Crippen LogP contribution in [-0.2, 0) is 6.42 Å². The Bertz CT molecular complexity index is 1080. The minimum atomic E-state index is -0.257. The molecule has 0 fully saturated rings. The number of pyridine rings is 2. The number of aromatic hydroxyl groups is 1. The lowest BCUT2D eigenvalue weighted by molar-refractivity contribution is 0.469. The summed E-state index contributed by atoms with van der Waals surface area (Å²) in [4.78, 5) is 8.78. The van der Waals surface area contributed by atoms with Gasteiger partial charge in [0.15, 0.2) is 0 Å². The van der Waals surface area contributed by atoms with E-state index in [9.17, 15) is 5.11 Å². The molecule has 1 N–H and O–H groups in total. The van der Waals surface area contributed by atoms with Gasteiger partial charge < -0.3 is 5.11 Å². The summed E-state index contributed by atoms with van der Waals surface area (Å²) in [6, 6.07) is 18.8. The van der Waals surface area contributed by atoms with Crippen molar-refractivity contribution >= 4 is 34.1 Å². The lowest BCUT2D eigenvalue weighted by Gasteiger charge is -2.22. The number of fused-ring (bicyclic) bond motifs is 1. The van der Waals surface area contributed by atoms with E-state index < -0.39 is 0 Å². The maximum absolute atomic E-state index is 11.0. The van der Waals surface area contributed by atoms with Gasteiger partial charge in [0.2, 0.25) is 0 Å². The van der Waals surface area contributed by atoms with Crippen LogP contribution in [0.3, 0.4) is 0 Å². The van der Waals surface area contributed by atoms with Crippen LogP contribution in [0.4, 0.5) is 0 Å². The molecule has 0 aliphatic carbocycles. The third kappa shape index (κ3) is 3.48. The summed E-state index contributed by atoms with van der Waals surface area (Å²) in [5.74, 6) is -0.113. The van der Waals surface area contributed by atoms with Crippen LogP contribution in [-0.4, -0.2) is 15.1 Å². The van der Waals surface area contributed by atoms with Gasteiger partial charge in [-0.05, 0) is 35.9 Å². The van der Waals surface area contributed by atoms with Gasteiger partial charge in [-0.3, -0.25) is 9.97 Å². The third-order valence-corrected chi connectivity index (χ3v) is 5.30. The Morgan fingerprint density at radius 2 is 1.59 bits per heavy atom. The number of phenols is 1. The largest absolute Gasteiger partial charge is 0.505 e. The lowest BCUT2D eigenvalue weighted by Crippen LogP contribution is -2.08. The van der Waals surface area contributed by atoms with Gasteiger partial charge in [-0.15, -0.1) is 0 Å². The molecule has 0 saturated carbocycles. The Labute approximate surface area is 167 Å². The molecule has 27 heavy (non-hydrogen) atoms. The quantitative estimate of drug-likeness (QED) is 0.460. The van der Waals surface area contributed by atoms with E-state index in [1.165, 1.54) is 0 Å². The number of halogens is 2. The molecule has 0 saturated heterocycles. The second-order valence-electron chi connectivity index (χ2n) is 6.29. The normalized spacial score (nSPS) is 12.2. The Kier molecular flexibility index (Phi) is 4.97. The Hall–Kier alpha value is -2.62. The maximum Gasteiger partial charge on any atom is 0.145 e. The number of benzene rings is 2. The number of rotatable bonds is 4. The summed E-state index contributed by atoms with van der Waals surface area (Å²) < 4.78 is 0. The number of nitrogens with zero attached hydrogens (tertiary/aromatic N) is 2. The van der Waals surface area contributed by atoms with E-state index in [2.05, 4.69) is 9.97 Å². The van der Waals surface area contributed by atoms with Crippen molar-refractivity contribution in [3.63, 3.8) is 0 Å². The average Bonchev–Trinajstić information content (AvgIpc) is 2.68. The van der Waals surface area contributed by atoms with Gasteiger partial charge in [-0.25, -0.2) is 0 Å². The highest BCUT2D eigenvalue weighted by Crippen LogP contribution is 2.42. The molecule has 0 bridgehead atoms. The first kappa shape index (κ1) is 17.8. The van der Waals surface area contributed by atoms with E-state index in [1.807, 2.05) is 60.7 Å². The van der Waals surface area contributed by atoms with Crippen LogP contribution >= 0.6 is 23.2 Å². The average molecular weight is 395 g/mol. The summed E-state index contributed by atoms with van der Waals surface area (Å²) in [5, 5.41) is 13.0. The monoisotopic (exact) mass is 394 g/mol. The van der Waals surface area contributed by atoms with Gasteiger partial charge in [-0.1, -0.05) is 53.5 Å². The van der Waals surface area contributed by atoms with Crippen molar-refractivity contribution < 1.29 is 5.11 Å². The molecule has 0 aliphatic heterocycles. The molecule has 3 nitrogen and oxygen atoms in total. The summed E-state index contributed by atoms with van der Waals surface area (Å²) in [6.45, 7) is 0. The molecule has 0 spiro atoms. The van der Waals surface area contributed by atoms with Crippen LogP contribution in [0.15, 0.2) is 73.1 Å². The van der Waals surface area contributed by atoms with Crippen molar-refractivity contribution in [3.8, 4) is 5.75 Å². The number of aromatic nitrogens is 2. The van der Waals surface area contributed by atoms with Crippen LogP contribution in [0.25, 0.3) is 10.9 Å². The second-order valence-corrected chi connectivity index (χ2v) is 7.11. The molecule has 2 aromatic heterocycles. The zero-order valence-corrected chi connectivity index (χ0v) is 15.8. The van der Waals surface area contributed by atoms with E-state index in [1.54, 1.807) is 12.4 Å². The first-order valence-corrected chi connectivity index (χ1v) is 9.31. The fourth-order valence-corrected chi connectivity index (χ4v) is 4.03.